The Morgan fingerprint density at radius 3 is 2.68 bits per heavy atom. The van der Waals surface area contributed by atoms with Crippen molar-refractivity contribution in [1.29, 1.82) is 0 Å². The number of nitrogens with zero attached hydrogens (tertiary/aromatic N) is 1. The van der Waals surface area contributed by atoms with Crippen LogP contribution in [-0.2, 0) is 14.3 Å². The third kappa shape index (κ3) is 3.11. The van der Waals surface area contributed by atoms with E-state index >= 15 is 0 Å². The summed E-state index contributed by atoms with van der Waals surface area (Å²) < 4.78 is 5.71. The van der Waals surface area contributed by atoms with Gasteiger partial charge in [0.1, 0.15) is 0 Å². The molecule has 1 saturated heterocycles. The lowest BCUT2D eigenvalue weighted by atomic mass is 9.94. The molecule has 6 heteroatoms. The van der Waals surface area contributed by atoms with Crippen LogP contribution in [0, 0.1) is 11.8 Å². The van der Waals surface area contributed by atoms with E-state index in [0.29, 0.717) is 25.9 Å². The zero-order chi connectivity index (χ0) is 15.5. The fourth-order valence-corrected chi connectivity index (χ4v) is 3.38. The summed E-state index contributed by atoms with van der Waals surface area (Å²) in [5.41, 5.74) is 0.961. The van der Waals surface area contributed by atoms with Gasteiger partial charge in [0.05, 0.1) is 17.9 Å². The number of carbonyl (C=O) groups excluding carboxylic acids is 1. The number of rotatable bonds is 4. The highest BCUT2D eigenvalue weighted by molar-refractivity contribution is 5.80. The van der Waals surface area contributed by atoms with Gasteiger partial charge in [0.25, 0.3) is 0 Å². The van der Waals surface area contributed by atoms with Crippen LogP contribution in [0.25, 0.3) is 0 Å². The van der Waals surface area contributed by atoms with Crippen molar-refractivity contribution >= 4 is 11.9 Å². The smallest absolute Gasteiger partial charge is 0.306 e. The minimum Gasteiger partial charge on any atom is -0.481 e. The molecule has 1 saturated carbocycles. The number of hydrogen-bond donors (Lipinski definition) is 2. The molecule has 6 nitrogen and oxygen atoms in total. The van der Waals surface area contributed by atoms with Crippen LogP contribution in [-0.4, -0.2) is 34.6 Å². The Hall–Kier alpha value is -1.95. The molecule has 0 radical (unpaired) electrons. The molecule has 0 bridgehead atoms. The first-order chi connectivity index (χ1) is 10.6. The summed E-state index contributed by atoms with van der Waals surface area (Å²) in [6, 6.07) is 3.70. The summed E-state index contributed by atoms with van der Waals surface area (Å²) in [5.74, 6) is -1.35. The molecule has 1 amide bonds. The van der Waals surface area contributed by atoms with Gasteiger partial charge < -0.3 is 15.2 Å². The topological polar surface area (TPSA) is 88.5 Å². The van der Waals surface area contributed by atoms with Gasteiger partial charge in [0.15, 0.2) is 0 Å². The molecule has 1 aromatic heterocycles. The fraction of sp³-hybridized carbons (Fsp3) is 0.562. The lowest BCUT2D eigenvalue weighted by Crippen LogP contribution is -2.38. The molecule has 0 spiro atoms. The maximum atomic E-state index is 12.5. The van der Waals surface area contributed by atoms with Gasteiger partial charge in [-0.2, -0.15) is 0 Å². The molecule has 1 aromatic rings. The van der Waals surface area contributed by atoms with Gasteiger partial charge in [-0.25, -0.2) is 0 Å². The van der Waals surface area contributed by atoms with E-state index in [1.165, 1.54) is 0 Å². The van der Waals surface area contributed by atoms with Crippen LogP contribution in [0.1, 0.15) is 37.4 Å². The molecule has 2 N–H and O–H groups in total. The average molecular weight is 304 g/mol. The van der Waals surface area contributed by atoms with Gasteiger partial charge in [-0.3, -0.25) is 14.6 Å². The van der Waals surface area contributed by atoms with Gasteiger partial charge in [0.2, 0.25) is 5.91 Å². The van der Waals surface area contributed by atoms with Crippen molar-refractivity contribution in [3.05, 3.63) is 30.1 Å². The molecule has 22 heavy (non-hydrogen) atoms. The summed E-state index contributed by atoms with van der Waals surface area (Å²) in [7, 11) is 0. The van der Waals surface area contributed by atoms with Gasteiger partial charge >= 0.3 is 5.97 Å². The van der Waals surface area contributed by atoms with E-state index in [1.54, 1.807) is 12.4 Å². The largest absolute Gasteiger partial charge is 0.481 e. The molecule has 2 heterocycles. The van der Waals surface area contributed by atoms with Gasteiger partial charge in [-0.15, -0.1) is 0 Å². The Labute approximate surface area is 128 Å². The molecular formula is C16H20N2O4. The van der Waals surface area contributed by atoms with Crippen molar-refractivity contribution < 1.29 is 19.4 Å². The third-order valence-corrected chi connectivity index (χ3v) is 4.59. The number of ether oxygens (including phenoxy) is 1. The Bertz CT molecular complexity index is 548. The number of nitrogens with one attached hydrogen (secondary N) is 1. The summed E-state index contributed by atoms with van der Waals surface area (Å²) >= 11 is 0. The predicted molar refractivity (Wildman–Crippen MR) is 77.9 cm³/mol. The number of pyridine rings is 1. The van der Waals surface area contributed by atoms with Crippen molar-refractivity contribution in [3.8, 4) is 0 Å². The molecule has 118 valence electrons. The first-order valence-electron chi connectivity index (χ1n) is 7.70. The summed E-state index contributed by atoms with van der Waals surface area (Å²) in [5, 5.41) is 12.0. The minimum absolute atomic E-state index is 0.0321. The highest BCUT2D eigenvalue weighted by Gasteiger charge is 2.37. The van der Waals surface area contributed by atoms with Crippen LogP contribution in [0.15, 0.2) is 24.5 Å². The molecular weight excluding hydrogens is 284 g/mol. The number of aromatic nitrogens is 1. The third-order valence-electron chi connectivity index (χ3n) is 4.59. The van der Waals surface area contributed by atoms with E-state index in [-0.39, 0.29) is 29.9 Å². The number of carboxylic acid groups (broad SMARTS) is 1. The van der Waals surface area contributed by atoms with E-state index in [4.69, 9.17) is 9.84 Å². The number of carboxylic acids is 1. The van der Waals surface area contributed by atoms with Crippen LogP contribution < -0.4 is 5.32 Å². The standard InChI is InChI=1S/C16H20N2O4/c19-15(18-12-2-1-11(9-12)16(20)21)13-5-8-22-14(13)10-3-6-17-7-4-10/h3-4,6-7,11-14H,1-2,5,8-9H2,(H,18,19)(H,20,21)/t11-,12+,13-,14+/m1/s1. The van der Waals surface area contributed by atoms with Gasteiger partial charge in [-0.05, 0) is 43.4 Å². The van der Waals surface area contributed by atoms with Crippen LogP contribution in [0.3, 0.4) is 0 Å². The SMILES string of the molecule is O=C(O)[C@@H]1CC[C@H](NC(=O)[C@@H]2CCO[C@H]2c2ccncc2)C1. The Balaban J connectivity index is 1.61. The highest BCUT2D eigenvalue weighted by atomic mass is 16.5. The molecule has 2 fully saturated rings. The fourth-order valence-electron chi connectivity index (χ4n) is 3.38. The average Bonchev–Trinajstić information content (AvgIpc) is 3.17. The highest BCUT2D eigenvalue weighted by Crippen LogP contribution is 2.35. The molecule has 3 rings (SSSR count). The second-order valence-corrected chi connectivity index (χ2v) is 6.02. The van der Waals surface area contributed by atoms with Gasteiger partial charge in [0, 0.05) is 25.0 Å². The van der Waals surface area contributed by atoms with Crippen LogP contribution in [0.2, 0.25) is 0 Å². The number of aliphatic carboxylic acids is 1. The second-order valence-electron chi connectivity index (χ2n) is 6.02. The van der Waals surface area contributed by atoms with Crippen molar-refractivity contribution in [2.45, 2.75) is 37.8 Å². The lowest BCUT2D eigenvalue weighted by molar-refractivity contribution is -0.141. The first kappa shape index (κ1) is 15.0. The summed E-state index contributed by atoms with van der Waals surface area (Å²) in [6.45, 7) is 0.563. The number of hydrogen-bond acceptors (Lipinski definition) is 4. The molecule has 4 atom stereocenters. The molecule has 0 aromatic carbocycles. The Kier molecular flexibility index (Phi) is 4.38. The minimum atomic E-state index is -0.768. The summed E-state index contributed by atoms with van der Waals surface area (Å²) in [6.07, 6.45) is 5.73. The molecule has 1 aliphatic heterocycles. The molecule has 1 aliphatic carbocycles. The van der Waals surface area contributed by atoms with E-state index in [1.807, 2.05) is 12.1 Å². The predicted octanol–water partition coefficient (Wildman–Crippen LogP) is 1.53. The van der Waals surface area contributed by atoms with E-state index < -0.39 is 5.97 Å². The summed E-state index contributed by atoms with van der Waals surface area (Å²) in [4.78, 5) is 27.5. The second kappa shape index (κ2) is 6.44. The number of carbonyl (C=O) groups is 2. The maximum Gasteiger partial charge on any atom is 0.306 e. The van der Waals surface area contributed by atoms with Crippen molar-refractivity contribution in [2.75, 3.05) is 6.61 Å². The Morgan fingerprint density at radius 1 is 1.23 bits per heavy atom. The van der Waals surface area contributed by atoms with E-state index in [0.717, 1.165) is 12.0 Å². The lowest BCUT2D eigenvalue weighted by Gasteiger charge is -2.21. The van der Waals surface area contributed by atoms with Crippen molar-refractivity contribution in [2.24, 2.45) is 11.8 Å². The first-order valence-corrected chi connectivity index (χ1v) is 7.70. The quantitative estimate of drug-likeness (QED) is 0.880. The van der Waals surface area contributed by atoms with E-state index in [9.17, 15) is 9.59 Å². The number of amides is 1. The maximum absolute atomic E-state index is 12.5. The van der Waals surface area contributed by atoms with Gasteiger partial charge in [-0.1, -0.05) is 0 Å². The van der Waals surface area contributed by atoms with Crippen LogP contribution in [0.4, 0.5) is 0 Å². The van der Waals surface area contributed by atoms with Crippen molar-refractivity contribution in [3.63, 3.8) is 0 Å². The zero-order valence-electron chi connectivity index (χ0n) is 12.3. The zero-order valence-corrected chi connectivity index (χ0v) is 12.3. The molecule has 0 unspecified atom stereocenters. The monoisotopic (exact) mass is 304 g/mol. The molecule has 2 aliphatic rings. The van der Waals surface area contributed by atoms with E-state index in [2.05, 4.69) is 10.3 Å². The normalized spacial score (nSPS) is 31.1. The Morgan fingerprint density at radius 2 is 2.00 bits per heavy atom. The van der Waals surface area contributed by atoms with Crippen molar-refractivity contribution in [1.82, 2.24) is 10.3 Å². The van der Waals surface area contributed by atoms with Crippen LogP contribution in [0.5, 0.6) is 0 Å². The van der Waals surface area contributed by atoms with Crippen LogP contribution >= 0.6 is 0 Å².